The molecule has 0 aliphatic carbocycles. The molecule has 1 aromatic heterocycles. The van der Waals surface area contributed by atoms with E-state index in [2.05, 4.69) is 4.98 Å². The first-order chi connectivity index (χ1) is 7.61. The molecule has 0 fully saturated rings. The molecule has 0 spiro atoms. The summed E-state index contributed by atoms with van der Waals surface area (Å²) in [7, 11) is 0. The predicted octanol–water partition coefficient (Wildman–Crippen LogP) is 2.93. The topological polar surface area (TPSA) is 32.9 Å². The van der Waals surface area contributed by atoms with Crippen LogP contribution >= 0.6 is 0 Å². The molecule has 3 heteroatoms. The van der Waals surface area contributed by atoms with Crippen LogP contribution in [0.2, 0.25) is 0 Å². The number of hydrogen-bond acceptors (Lipinski definition) is 1. The van der Waals surface area contributed by atoms with E-state index >= 15 is 0 Å². The van der Waals surface area contributed by atoms with E-state index in [9.17, 15) is 9.18 Å². The van der Waals surface area contributed by atoms with Gasteiger partial charge in [0.2, 0.25) is 0 Å². The number of hydrogen-bond donors (Lipinski definition) is 1. The highest BCUT2D eigenvalue weighted by Gasteiger charge is 2.07. The van der Waals surface area contributed by atoms with Gasteiger partial charge in [0.25, 0.3) is 0 Å². The van der Waals surface area contributed by atoms with E-state index in [0.717, 1.165) is 24.1 Å². The molecule has 0 aliphatic heterocycles. The Kier molecular flexibility index (Phi) is 2.77. The van der Waals surface area contributed by atoms with Crippen LogP contribution in [0.5, 0.6) is 0 Å². The average molecular weight is 219 g/mol. The van der Waals surface area contributed by atoms with Gasteiger partial charge in [0, 0.05) is 17.1 Å². The van der Waals surface area contributed by atoms with Gasteiger partial charge < -0.3 is 4.98 Å². The van der Waals surface area contributed by atoms with Crippen LogP contribution in [-0.2, 0) is 6.42 Å². The number of aryl methyl sites for hydroxylation is 2. The number of aromatic amines is 1. The fraction of sp³-hybridized carbons (Fsp3) is 0.308. The molecule has 0 unspecified atom stereocenters. The second kappa shape index (κ2) is 4.08. The van der Waals surface area contributed by atoms with Crippen molar-refractivity contribution in [2.24, 2.45) is 0 Å². The fourth-order valence-corrected chi connectivity index (χ4v) is 1.90. The maximum Gasteiger partial charge on any atom is 0.189 e. The molecular formula is C13H14FNO. The number of H-pyrrole nitrogens is 1. The zero-order valence-corrected chi connectivity index (χ0v) is 9.43. The number of aromatic nitrogens is 1. The van der Waals surface area contributed by atoms with Crippen molar-refractivity contribution in [1.29, 1.82) is 0 Å². The highest BCUT2D eigenvalue weighted by atomic mass is 19.1. The Labute approximate surface area is 93.1 Å². The number of rotatable bonds is 2. The van der Waals surface area contributed by atoms with Crippen LogP contribution < -0.4 is 5.43 Å². The number of benzene rings is 1. The molecule has 0 saturated carbocycles. The van der Waals surface area contributed by atoms with Crippen LogP contribution in [0.4, 0.5) is 4.39 Å². The molecule has 0 aliphatic rings. The molecule has 16 heavy (non-hydrogen) atoms. The summed E-state index contributed by atoms with van der Waals surface area (Å²) in [6.45, 7) is 3.80. The van der Waals surface area contributed by atoms with E-state index in [-0.39, 0.29) is 11.2 Å². The number of fused-ring (bicyclic) bond motifs is 1. The summed E-state index contributed by atoms with van der Waals surface area (Å²) in [5.41, 5.74) is 1.77. The molecular weight excluding hydrogens is 205 g/mol. The molecule has 84 valence electrons. The zero-order chi connectivity index (χ0) is 11.7. The zero-order valence-electron chi connectivity index (χ0n) is 9.43. The van der Waals surface area contributed by atoms with Gasteiger partial charge in [0.1, 0.15) is 5.82 Å². The number of halogens is 1. The second-order valence-corrected chi connectivity index (χ2v) is 4.08. The summed E-state index contributed by atoms with van der Waals surface area (Å²) < 4.78 is 13.7. The third-order valence-corrected chi connectivity index (χ3v) is 2.61. The van der Waals surface area contributed by atoms with Gasteiger partial charge >= 0.3 is 0 Å². The monoisotopic (exact) mass is 219 g/mol. The van der Waals surface area contributed by atoms with Gasteiger partial charge in [-0.05, 0) is 31.0 Å². The van der Waals surface area contributed by atoms with Crippen molar-refractivity contribution in [3.05, 3.63) is 45.5 Å². The van der Waals surface area contributed by atoms with Crippen LogP contribution in [-0.4, -0.2) is 4.98 Å². The predicted molar refractivity (Wildman–Crippen MR) is 63.3 cm³/mol. The third kappa shape index (κ3) is 1.85. The smallest absolute Gasteiger partial charge is 0.189 e. The minimum atomic E-state index is -0.356. The van der Waals surface area contributed by atoms with E-state index in [4.69, 9.17) is 0 Å². The van der Waals surface area contributed by atoms with Gasteiger partial charge in [-0.25, -0.2) is 4.39 Å². The largest absolute Gasteiger partial charge is 0.356 e. The summed E-state index contributed by atoms with van der Waals surface area (Å²) in [6, 6.07) is 4.71. The highest BCUT2D eigenvalue weighted by Crippen LogP contribution is 2.15. The molecule has 1 aromatic carbocycles. The van der Waals surface area contributed by atoms with Crippen LogP contribution in [0.3, 0.4) is 0 Å². The summed E-state index contributed by atoms with van der Waals surface area (Å²) in [5.74, 6) is -0.356. The van der Waals surface area contributed by atoms with Crippen LogP contribution in [0.25, 0.3) is 10.9 Å². The number of pyridine rings is 1. The van der Waals surface area contributed by atoms with Gasteiger partial charge in [-0.1, -0.05) is 13.3 Å². The molecule has 0 saturated heterocycles. The Bertz CT molecular complexity index is 586. The first-order valence-electron chi connectivity index (χ1n) is 5.44. The first kappa shape index (κ1) is 10.9. The highest BCUT2D eigenvalue weighted by molar-refractivity contribution is 5.79. The molecule has 2 nitrogen and oxygen atoms in total. The standard InChI is InChI=1S/C13H14FNO/c1-3-4-9-7-12(16)10-5-8(2)6-11(14)13(10)15-9/h5-7H,3-4H2,1-2H3,(H,15,16). The van der Waals surface area contributed by atoms with Gasteiger partial charge in [-0.15, -0.1) is 0 Å². The molecule has 0 amide bonds. The van der Waals surface area contributed by atoms with Crippen LogP contribution in [0.15, 0.2) is 23.0 Å². The normalized spacial score (nSPS) is 10.9. The quantitative estimate of drug-likeness (QED) is 0.827. The lowest BCUT2D eigenvalue weighted by atomic mass is 10.1. The van der Waals surface area contributed by atoms with Crippen molar-refractivity contribution in [2.75, 3.05) is 0 Å². The molecule has 0 radical (unpaired) electrons. The second-order valence-electron chi connectivity index (χ2n) is 4.08. The van der Waals surface area contributed by atoms with E-state index in [0.29, 0.717) is 10.9 Å². The Morgan fingerprint density at radius 1 is 1.31 bits per heavy atom. The van der Waals surface area contributed by atoms with Crippen molar-refractivity contribution in [2.45, 2.75) is 26.7 Å². The number of nitrogens with one attached hydrogen (secondary N) is 1. The van der Waals surface area contributed by atoms with Crippen molar-refractivity contribution < 1.29 is 4.39 Å². The molecule has 2 rings (SSSR count). The van der Waals surface area contributed by atoms with Crippen molar-refractivity contribution in [3.63, 3.8) is 0 Å². The molecule has 1 N–H and O–H groups in total. The minimum absolute atomic E-state index is 0.111. The maximum atomic E-state index is 13.7. The SMILES string of the molecule is CCCc1cc(=O)c2cc(C)cc(F)c2[nH]1. The van der Waals surface area contributed by atoms with Gasteiger partial charge in [0.15, 0.2) is 5.43 Å². The molecule has 0 bridgehead atoms. The minimum Gasteiger partial charge on any atom is -0.356 e. The first-order valence-corrected chi connectivity index (χ1v) is 5.44. The molecule has 1 heterocycles. The lowest BCUT2D eigenvalue weighted by Gasteiger charge is -2.05. The Hall–Kier alpha value is -1.64. The molecule has 2 aromatic rings. The third-order valence-electron chi connectivity index (χ3n) is 2.61. The van der Waals surface area contributed by atoms with Gasteiger partial charge in [-0.3, -0.25) is 4.79 Å². The van der Waals surface area contributed by atoms with Crippen molar-refractivity contribution >= 4 is 10.9 Å². The van der Waals surface area contributed by atoms with Crippen LogP contribution in [0, 0.1) is 12.7 Å². The average Bonchev–Trinajstić information content (AvgIpc) is 2.20. The maximum absolute atomic E-state index is 13.7. The summed E-state index contributed by atoms with van der Waals surface area (Å²) in [5, 5.41) is 0.428. The Morgan fingerprint density at radius 2 is 2.06 bits per heavy atom. The van der Waals surface area contributed by atoms with Crippen molar-refractivity contribution in [3.8, 4) is 0 Å². The van der Waals surface area contributed by atoms with Crippen LogP contribution in [0.1, 0.15) is 24.6 Å². The summed E-state index contributed by atoms with van der Waals surface area (Å²) in [6.07, 6.45) is 1.69. The lowest BCUT2D eigenvalue weighted by Crippen LogP contribution is -2.06. The molecule has 0 atom stereocenters. The van der Waals surface area contributed by atoms with E-state index in [1.807, 2.05) is 6.92 Å². The summed E-state index contributed by atoms with van der Waals surface area (Å²) in [4.78, 5) is 14.8. The summed E-state index contributed by atoms with van der Waals surface area (Å²) >= 11 is 0. The van der Waals surface area contributed by atoms with E-state index in [1.54, 1.807) is 19.1 Å². The fourth-order valence-electron chi connectivity index (χ4n) is 1.90. The van der Waals surface area contributed by atoms with E-state index < -0.39 is 0 Å². The lowest BCUT2D eigenvalue weighted by molar-refractivity contribution is 0.635. The van der Waals surface area contributed by atoms with Gasteiger partial charge in [0.05, 0.1) is 5.52 Å². The van der Waals surface area contributed by atoms with Crippen molar-refractivity contribution in [1.82, 2.24) is 4.98 Å². The van der Waals surface area contributed by atoms with E-state index in [1.165, 1.54) is 6.07 Å². The van der Waals surface area contributed by atoms with Gasteiger partial charge in [-0.2, -0.15) is 0 Å². The Morgan fingerprint density at radius 3 is 2.75 bits per heavy atom. The Balaban J connectivity index is 2.77.